The number of nitrogens with one attached hydrogen (secondary N) is 1. The minimum Gasteiger partial charge on any atom is -0.363 e. The van der Waals surface area contributed by atoms with Crippen molar-refractivity contribution in [1.29, 1.82) is 0 Å². The van der Waals surface area contributed by atoms with Crippen LogP contribution in [0.2, 0.25) is 0 Å². The number of anilines is 1. The number of hydrogen-bond donors (Lipinski definition) is 1. The Morgan fingerprint density at radius 3 is 2.52 bits per heavy atom. The summed E-state index contributed by atoms with van der Waals surface area (Å²) in [5, 5.41) is 9.30. The third-order valence-electron chi connectivity index (χ3n) is 4.05. The molecule has 0 radical (unpaired) electrons. The molecule has 1 atom stereocenters. The molecule has 0 amide bonds. The summed E-state index contributed by atoms with van der Waals surface area (Å²) >= 11 is 0. The van der Waals surface area contributed by atoms with Gasteiger partial charge < -0.3 is 5.32 Å². The highest BCUT2D eigenvalue weighted by atomic mass is 15.3. The number of para-hydroxylation sites is 1. The van der Waals surface area contributed by atoms with Gasteiger partial charge in [-0.3, -0.25) is 4.68 Å². The SMILES string of the molecule is Cc1nn(C(C)(C)C)cc1C(C)Nc1ccc2ccccc2n1. The number of aromatic nitrogens is 3. The first-order valence-corrected chi connectivity index (χ1v) is 8.03. The summed E-state index contributed by atoms with van der Waals surface area (Å²) in [5.74, 6) is 0.888. The Morgan fingerprint density at radius 2 is 1.83 bits per heavy atom. The van der Waals surface area contributed by atoms with Crippen LogP contribution in [-0.4, -0.2) is 14.8 Å². The van der Waals surface area contributed by atoms with Gasteiger partial charge in [-0.1, -0.05) is 18.2 Å². The predicted octanol–water partition coefficient (Wildman–Crippen LogP) is 4.67. The predicted molar refractivity (Wildman–Crippen MR) is 95.7 cm³/mol. The van der Waals surface area contributed by atoms with Gasteiger partial charge >= 0.3 is 0 Å². The van der Waals surface area contributed by atoms with Gasteiger partial charge in [0.2, 0.25) is 0 Å². The number of benzene rings is 1. The molecule has 3 rings (SSSR count). The molecular weight excluding hydrogens is 284 g/mol. The maximum absolute atomic E-state index is 4.69. The van der Waals surface area contributed by atoms with Gasteiger partial charge in [0.05, 0.1) is 22.8 Å². The normalized spacial score (nSPS) is 13.3. The van der Waals surface area contributed by atoms with Gasteiger partial charge in [-0.15, -0.1) is 0 Å². The summed E-state index contributed by atoms with van der Waals surface area (Å²) in [6, 6.07) is 12.4. The van der Waals surface area contributed by atoms with Crippen LogP contribution in [-0.2, 0) is 5.54 Å². The molecule has 2 aromatic heterocycles. The highest BCUT2D eigenvalue weighted by Crippen LogP contribution is 2.24. The van der Waals surface area contributed by atoms with Crippen molar-refractivity contribution < 1.29 is 0 Å². The van der Waals surface area contributed by atoms with Crippen LogP contribution in [0.25, 0.3) is 10.9 Å². The Balaban J connectivity index is 1.85. The van der Waals surface area contributed by atoms with Gasteiger partial charge in [-0.25, -0.2) is 4.98 Å². The fraction of sp³-hybridized carbons (Fsp3) is 0.368. The maximum atomic E-state index is 4.69. The smallest absolute Gasteiger partial charge is 0.127 e. The van der Waals surface area contributed by atoms with E-state index in [4.69, 9.17) is 0 Å². The Labute approximate surface area is 137 Å². The standard InChI is InChI=1S/C19H24N4/c1-13(16-12-23(19(3,4)5)22-14(16)2)20-18-11-10-15-8-6-7-9-17(15)21-18/h6-13H,1-5H3,(H,20,21). The fourth-order valence-electron chi connectivity index (χ4n) is 2.69. The number of hydrogen-bond acceptors (Lipinski definition) is 3. The molecule has 0 aliphatic heterocycles. The average molecular weight is 308 g/mol. The highest BCUT2D eigenvalue weighted by molar-refractivity contribution is 5.80. The minimum atomic E-state index is -0.00999. The van der Waals surface area contributed by atoms with Crippen molar-refractivity contribution in [2.75, 3.05) is 5.32 Å². The first-order valence-electron chi connectivity index (χ1n) is 8.03. The van der Waals surface area contributed by atoms with E-state index in [-0.39, 0.29) is 11.6 Å². The minimum absolute atomic E-state index is 0.00999. The van der Waals surface area contributed by atoms with E-state index in [1.54, 1.807) is 0 Å². The van der Waals surface area contributed by atoms with Crippen LogP contribution in [0.3, 0.4) is 0 Å². The zero-order chi connectivity index (χ0) is 16.6. The molecule has 1 unspecified atom stereocenters. The molecule has 0 spiro atoms. The zero-order valence-electron chi connectivity index (χ0n) is 14.5. The molecule has 0 aliphatic carbocycles. The third kappa shape index (κ3) is 3.21. The summed E-state index contributed by atoms with van der Waals surface area (Å²) < 4.78 is 2.03. The number of nitrogens with zero attached hydrogens (tertiary/aromatic N) is 3. The van der Waals surface area contributed by atoms with Crippen molar-refractivity contribution in [1.82, 2.24) is 14.8 Å². The topological polar surface area (TPSA) is 42.7 Å². The molecule has 4 nitrogen and oxygen atoms in total. The van der Waals surface area contributed by atoms with Crippen LogP contribution in [0.15, 0.2) is 42.6 Å². The Morgan fingerprint density at radius 1 is 1.09 bits per heavy atom. The quantitative estimate of drug-likeness (QED) is 0.764. The van der Waals surface area contributed by atoms with Crippen LogP contribution < -0.4 is 5.32 Å². The monoisotopic (exact) mass is 308 g/mol. The van der Waals surface area contributed by atoms with Crippen LogP contribution >= 0.6 is 0 Å². The first-order chi connectivity index (χ1) is 10.8. The fourth-order valence-corrected chi connectivity index (χ4v) is 2.69. The van der Waals surface area contributed by atoms with E-state index in [9.17, 15) is 0 Å². The van der Waals surface area contributed by atoms with E-state index in [2.05, 4.69) is 68.3 Å². The molecule has 23 heavy (non-hydrogen) atoms. The third-order valence-corrected chi connectivity index (χ3v) is 4.05. The molecule has 0 saturated carbocycles. The van der Waals surface area contributed by atoms with Crippen molar-refractivity contribution >= 4 is 16.7 Å². The average Bonchev–Trinajstić information content (AvgIpc) is 2.89. The van der Waals surface area contributed by atoms with Gasteiger partial charge in [0, 0.05) is 17.1 Å². The molecule has 3 aromatic rings. The number of rotatable bonds is 3. The Bertz CT molecular complexity index is 827. The molecule has 1 N–H and O–H groups in total. The van der Waals surface area contributed by atoms with E-state index in [1.165, 1.54) is 5.56 Å². The van der Waals surface area contributed by atoms with E-state index in [0.717, 1.165) is 22.4 Å². The highest BCUT2D eigenvalue weighted by Gasteiger charge is 2.19. The van der Waals surface area contributed by atoms with E-state index in [0.29, 0.717) is 0 Å². The molecule has 0 fully saturated rings. The first kappa shape index (κ1) is 15.5. The summed E-state index contributed by atoms with van der Waals surface area (Å²) in [7, 11) is 0. The van der Waals surface area contributed by atoms with Gasteiger partial charge in [0.15, 0.2) is 0 Å². The summed E-state index contributed by atoms with van der Waals surface area (Å²) in [4.78, 5) is 4.69. The second kappa shape index (κ2) is 5.69. The second-order valence-electron chi connectivity index (χ2n) is 7.04. The summed E-state index contributed by atoms with van der Waals surface area (Å²) in [6.07, 6.45) is 2.13. The van der Waals surface area contributed by atoms with E-state index < -0.39 is 0 Å². The molecule has 0 saturated heterocycles. The lowest BCUT2D eigenvalue weighted by Gasteiger charge is -2.19. The molecule has 0 bridgehead atoms. The van der Waals surface area contributed by atoms with Crippen molar-refractivity contribution in [2.45, 2.75) is 46.2 Å². The van der Waals surface area contributed by atoms with Crippen molar-refractivity contribution in [3.05, 3.63) is 53.9 Å². The number of fused-ring (bicyclic) bond motifs is 1. The maximum Gasteiger partial charge on any atom is 0.127 e. The molecule has 1 aromatic carbocycles. The Hall–Kier alpha value is -2.36. The second-order valence-corrected chi connectivity index (χ2v) is 7.04. The zero-order valence-corrected chi connectivity index (χ0v) is 14.5. The van der Waals surface area contributed by atoms with Gasteiger partial charge in [-0.05, 0) is 52.8 Å². The summed E-state index contributed by atoms with van der Waals surface area (Å²) in [6.45, 7) is 10.7. The molecule has 2 heterocycles. The van der Waals surface area contributed by atoms with Crippen LogP contribution in [0, 0.1) is 6.92 Å². The van der Waals surface area contributed by atoms with Gasteiger partial charge in [-0.2, -0.15) is 5.10 Å². The lowest BCUT2D eigenvalue weighted by atomic mass is 10.1. The van der Waals surface area contributed by atoms with Crippen LogP contribution in [0.4, 0.5) is 5.82 Å². The largest absolute Gasteiger partial charge is 0.363 e. The van der Waals surface area contributed by atoms with Crippen molar-refractivity contribution in [2.24, 2.45) is 0 Å². The lowest BCUT2D eigenvalue weighted by Crippen LogP contribution is -2.22. The Kier molecular flexibility index (Phi) is 3.84. The van der Waals surface area contributed by atoms with Crippen molar-refractivity contribution in [3.8, 4) is 0 Å². The lowest BCUT2D eigenvalue weighted by molar-refractivity contribution is 0.354. The van der Waals surface area contributed by atoms with Crippen molar-refractivity contribution in [3.63, 3.8) is 0 Å². The molecule has 4 heteroatoms. The number of pyridine rings is 1. The van der Waals surface area contributed by atoms with Crippen LogP contribution in [0.1, 0.15) is 45.0 Å². The van der Waals surface area contributed by atoms with E-state index >= 15 is 0 Å². The van der Waals surface area contributed by atoms with Gasteiger partial charge in [0.1, 0.15) is 5.82 Å². The summed E-state index contributed by atoms with van der Waals surface area (Å²) in [5.41, 5.74) is 3.26. The number of aryl methyl sites for hydroxylation is 1. The molecule has 120 valence electrons. The molecule has 0 aliphatic rings. The van der Waals surface area contributed by atoms with Crippen LogP contribution in [0.5, 0.6) is 0 Å². The van der Waals surface area contributed by atoms with Gasteiger partial charge in [0.25, 0.3) is 0 Å². The molecular formula is C19H24N4. The van der Waals surface area contributed by atoms with E-state index in [1.807, 2.05) is 28.9 Å².